The fraction of sp³-hybridized carbons (Fsp3) is 0.269. The van der Waals surface area contributed by atoms with Crippen molar-refractivity contribution in [1.82, 2.24) is 4.72 Å². The Hall–Kier alpha value is -2.96. The van der Waals surface area contributed by atoms with Crippen LogP contribution in [0, 0.1) is 6.92 Å². The summed E-state index contributed by atoms with van der Waals surface area (Å²) >= 11 is 0. The monoisotopic (exact) mass is 448 g/mol. The van der Waals surface area contributed by atoms with Crippen LogP contribution in [0.5, 0.6) is 0 Å². The van der Waals surface area contributed by atoms with Crippen molar-refractivity contribution in [3.63, 3.8) is 0 Å². The summed E-state index contributed by atoms with van der Waals surface area (Å²) in [6, 6.07) is 20.4. The predicted molar refractivity (Wildman–Crippen MR) is 128 cm³/mol. The number of rotatable bonds is 6. The lowest BCUT2D eigenvalue weighted by molar-refractivity contribution is 0.0989. The molecule has 32 heavy (non-hydrogen) atoms. The summed E-state index contributed by atoms with van der Waals surface area (Å²) in [6.45, 7) is 6.90. The normalized spacial score (nSPS) is 13.4. The molecule has 0 bridgehead atoms. The molecule has 6 heteroatoms. The molecule has 3 aromatic carbocycles. The first-order valence-electron chi connectivity index (χ1n) is 10.8. The number of nitrogens with zero attached hydrogens (tertiary/aromatic N) is 1. The predicted octanol–water partition coefficient (Wildman–Crippen LogP) is 4.80. The third-order valence-electron chi connectivity index (χ3n) is 5.88. The van der Waals surface area contributed by atoms with Gasteiger partial charge in [-0.2, -0.15) is 0 Å². The smallest absolute Gasteiger partial charge is 0.258 e. The number of hydrogen-bond acceptors (Lipinski definition) is 3. The number of carbonyl (C=O) groups excluding carboxylic acids is 1. The molecule has 0 radical (unpaired) electrons. The standard InChI is InChI=1S/C26H28N2O3S/c1-18(2)21-9-11-24(12-10-21)32(30,31)27-17-20-7-8-22-13-14-28(25(22)16-20)26(29)23-6-4-5-19(3)15-23/h4-12,15-16,18,27H,13-14,17H2,1-3H3. The van der Waals surface area contributed by atoms with Gasteiger partial charge in [0.1, 0.15) is 0 Å². The van der Waals surface area contributed by atoms with Gasteiger partial charge in [-0.15, -0.1) is 0 Å². The summed E-state index contributed by atoms with van der Waals surface area (Å²) in [5, 5.41) is 0. The molecule has 1 heterocycles. The van der Waals surface area contributed by atoms with Gasteiger partial charge >= 0.3 is 0 Å². The maximum atomic E-state index is 13.1. The van der Waals surface area contributed by atoms with Crippen molar-refractivity contribution in [2.24, 2.45) is 0 Å². The van der Waals surface area contributed by atoms with Crippen LogP contribution < -0.4 is 9.62 Å². The van der Waals surface area contributed by atoms with Gasteiger partial charge in [-0.25, -0.2) is 13.1 Å². The van der Waals surface area contributed by atoms with Crippen molar-refractivity contribution >= 4 is 21.6 Å². The number of sulfonamides is 1. The van der Waals surface area contributed by atoms with E-state index in [2.05, 4.69) is 18.6 Å². The van der Waals surface area contributed by atoms with E-state index in [9.17, 15) is 13.2 Å². The van der Waals surface area contributed by atoms with Crippen LogP contribution in [0.25, 0.3) is 0 Å². The van der Waals surface area contributed by atoms with Crippen LogP contribution in [0.4, 0.5) is 5.69 Å². The molecule has 1 amide bonds. The van der Waals surface area contributed by atoms with Gasteiger partial charge in [0.25, 0.3) is 5.91 Å². The molecule has 0 fully saturated rings. The van der Waals surface area contributed by atoms with Gasteiger partial charge in [0.15, 0.2) is 0 Å². The Morgan fingerprint density at radius 2 is 1.78 bits per heavy atom. The van der Waals surface area contributed by atoms with E-state index in [0.29, 0.717) is 18.0 Å². The van der Waals surface area contributed by atoms with Crippen molar-refractivity contribution < 1.29 is 13.2 Å². The topological polar surface area (TPSA) is 66.5 Å². The van der Waals surface area contributed by atoms with Crippen LogP contribution in [0.2, 0.25) is 0 Å². The molecule has 0 unspecified atom stereocenters. The largest absolute Gasteiger partial charge is 0.308 e. The number of nitrogens with one attached hydrogen (secondary N) is 1. The fourth-order valence-electron chi connectivity index (χ4n) is 3.97. The minimum atomic E-state index is -3.62. The average molecular weight is 449 g/mol. The van der Waals surface area contributed by atoms with Crippen molar-refractivity contribution in [2.45, 2.75) is 44.6 Å². The number of aryl methyl sites for hydroxylation is 1. The Morgan fingerprint density at radius 1 is 1.03 bits per heavy atom. The first kappa shape index (κ1) is 22.2. The van der Waals surface area contributed by atoms with Crippen LogP contribution in [-0.4, -0.2) is 20.9 Å². The molecular weight excluding hydrogens is 420 g/mol. The first-order chi connectivity index (χ1) is 15.2. The van der Waals surface area contributed by atoms with E-state index in [0.717, 1.165) is 34.4 Å². The Kier molecular flexibility index (Phi) is 6.17. The number of hydrogen-bond donors (Lipinski definition) is 1. The number of amides is 1. The molecule has 0 spiro atoms. The zero-order valence-electron chi connectivity index (χ0n) is 18.6. The lowest BCUT2D eigenvalue weighted by Gasteiger charge is -2.18. The number of carbonyl (C=O) groups is 1. The third kappa shape index (κ3) is 4.61. The summed E-state index contributed by atoms with van der Waals surface area (Å²) in [7, 11) is -3.62. The Balaban J connectivity index is 1.50. The minimum absolute atomic E-state index is 0.0320. The maximum Gasteiger partial charge on any atom is 0.258 e. The second-order valence-electron chi connectivity index (χ2n) is 8.59. The minimum Gasteiger partial charge on any atom is -0.308 e. The molecule has 0 aromatic heterocycles. The Labute approximate surface area is 190 Å². The second kappa shape index (κ2) is 8.88. The number of fused-ring (bicyclic) bond motifs is 1. The SMILES string of the molecule is Cc1cccc(C(=O)N2CCc3ccc(CNS(=O)(=O)c4ccc(C(C)C)cc4)cc32)c1. The fourth-order valence-corrected chi connectivity index (χ4v) is 4.99. The summed E-state index contributed by atoms with van der Waals surface area (Å²) in [6.07, 6.45) is 0.793. The van der Waals surface area contributed by atoms with E-state index in [1.807, 2.05) is 61.5 Å². The Bertz CT molecular complexity index is 1250. The molecule has 1 aliphatic rings. The zero-order valence-corrected chi connectivity index (χ0v) is 19.4. The van der Waals surface area contributed by atoms with Gasteiger partial charge in [0, 0.05) is 24.3 Å². The average Bonchev–Trinajstić information content (AvgIpc) is 3.20. The highest BCUT2D eigenvalue weighted by atomic mass is 32.2. The maximum absolute atomic E-state index is 13.1. The summed E-state index contributed by atoms with van der Waals surface area (Å²) < 4.78 is 28.2. The highest BCUT2D eigenvalue weighted by molar-refractivity contribution is 7.89. The van der Waals surface area contributed by atoms with Crippen LogP contribution in [0.3, 0.4) is 0 Å². The van der Waals surface area contributed by atoms with Crippen molar-refractivity contribution in [3.8, 4) is 0 Å². The lowest BCUT2D eigenvalue weighted by atomic mass is 10.0. The molecule has 3 aromatic rings. The van der Waals surface area contributed by atoms with E-state index in [1.165, 1.54) is 0 Å². The van der Waals surface area contributed by atoms with Crippen molar-refractivity contribution in [3.05, 3.63) is 94.5 Å². The van der Waals surface area contributed by atoms with Gasteiger partial charge in [-0.05, 0) is 66.3 Å². The second-order valence-corrected chi connectivity index (χ2v) is 10.4. The molecule has 0 saturated heterocycles. The summed E-state index contributed by atoms with van der Waals surface area (Å²) in [5.74, 6) is 0.312. The van der Waals surface area contributed by atoms with E-state index < -0.39 is 10.0 Å². The molecule has 5 nitrogen and oxygen atoms in total. The van der Waals surface area contributed by atoms with Crippen molar-refractivity contribution in [2.75, 3.05) is 11.4 Å². The molecule has 0 saturated carbocycles. The van der Waals surface area contributed by atoms with Crippen LogP contribution >= 0.6 is 0 Å². The highest BCUT2D eigenvalue weighted by Crippen LogP contribution is 2.30. The van der Waals surface area contributed by atoms with Gasteiger partial charge in [-0.3, -0.25) is 4.79 Å². The van der Waals surface area contributed by atoms with Crippen LogP contribution in [-0.2, 0) is 23.0 Å². The van der Waals surface area contributed by atoms with Crippen LogP contribution in [0.1, 0.15) is 52.4 Å². The van der Waals surface area contributed by atoms with E-state index in [-0.39, 0.29) is 17.3 Å². The lowest BCUT2D eigenvalue weighted by Crippen LogP contribution is -2.29. The van der Waals surface area contributed by atoms with E-state index >= 15 is 0 Å². The quantitative estimate of drug-likeness (QED) is 0.589. The summed E-state index contributed by atoms with van der Waals surface area (Å²) in [4.78, 5) is 15.1. The molecule has 0 atom stereocenters. The Morgan fingerprint density at radius 3 is 2.47 bits per heavy atom. The first-order valence-corrected chi connectivity index (χ1v) is 12.3. The molecule has 166 valence electrons. The molecule has 1 aliphatic heterocycles. The van der Waals surface area contributed by atoms with Gasteiger partial charge in [0.05, 0.1) is 4.90 Å². The zero-order chi connectivity index (χ0) is 22.9. The summed E-state index contributed by atoms with van der Waals surface area (Å²) in [5.41, 5.74) is 5.57. The molecule has 1 N–H and O–H groups in total. The molecule has 0 aliphatic carbocycles. The molecule has 4 rings (SSSR count). The van der Waals surface area contributed by atoms with Crippen molar-refractivity contribution in [1.29, 1.82) is 0 Å². The van der Waals surface area contributed by atoms with Gasteiger partial charge < -0.3 is 4.90 Å². The van der Waals surface area contributed by atoms with E-state index in [4.69, 9.17) is 0 Å². The number of anilines is 1. The number of benzene rings is 3. The van der Waals surface area contributed by atoms with E-state index in [1.54, 1.807) is 17.0 Å². The van der Waals surface area contributed by atoms with Gasteiger partial charge in [0.2, 0.25) is 10.0 Å². The molecular formula is C26H28N2O3S. The highest BCUT2D eigenvalue weighted by Gasteiger charge is 2.26. The van der Waals surface area contributed by atoms with Crippen LogP contribution in [0.15, 0.2) is 71.6 Å². The third-order valence-corrected chi connectivity index (χ3v) is 7.30. The van der Waals surface area contributed by atoms with Gasteiger partial charge in [-0.1, -0.05) is 55.8 Å².